The number of alkyl carbamates (subject to hydrolysis) is 1. The number of amides is 2. The number of carbonyl (C=O) groups excluding carboxylic acids is 3. The molecule has 0 unspecified atom stereocenters. The Balaban J connectivity index is 2.64. The number of hydrogen-bond donors (Lipinski definition) is 1. The second kappa shape index (κ2) is 8.23. The summed E-state index contributed by atoms with van der Waals surface area (Å²) in [4.78, 5) is 34.3. The maximum atomic E-state index is 11.8. The Bertz CT molecular complexity index is 574. The fourth-order valence-corrected chi connectivity index (χ4v) is 1.78. The van der Waals surface area contributed by atoms with Crippen LogP contribution in [0, 0.1) is 0 Å². The standard InChI is InChI=1S/C14H16ClNO6/c1-8(13(18)16-14(19)21-3)22-12(17)7-9-6-10(15)4-5-11(9)20-2/h4-6,8H,7H2,1-3H3,(H,16,18,19)/t8-/m0/s1. The molecule has 0 saturated carbocycles. The van der Waals surface area contributed by atoms with Crippen molar-refractivity contribution < 1.29 is 28.6 Å². The zero-order chi connectivity index (χ0) is 16.7. The summed E-state index contributed by atoms with van der Waals surface area (Å²) in [6.45, 7) is 1.34. The zero-order valence-corrected chi connectivity index (χ0v) is 13.1. The Labute approximate surface area is 132 Å². The van der Waals surface area contributed by atoms with E-state index < -0.39 is 24.1 Å². The van der Waals surface area contributed by atoms with Gasteiger partial charge in [0.15, 0.2) is 6.10 Å². The van der Waals surface area contributed by atoms with Crippen LogP contribution < -0.4 is 10.1 Å². The number of hydrogen-bond acceptors (Lipinski definition) is 6. The van der Waals surface area contributed by atoms with Crippen molar-refractivity contribution in [1.29, 1.82) is 0 Å². The number of esters is 1. The highest BCUT2D eigenvalue weighted by atomic mass is 35.5. The second-order valence-electron chi connectivity index (χ2n) is 4.25. The topological polar surface area (TPSA) is 90.9 Å². The Morgan fingerprint density at radius 3 is 2.55 bits per heavy atom. The van der Waals surface area contributed by atoms with Gasteiger partial charge in [0, 0.05) is 10.6 Å². The molecule has 1 aromatic rings. The van der Waals surface area contributed by atoms with Gasteiger partial charge in [-0.1, -0.05) is 11.6 Å². The van der Waals surface area contributed by atoms with Gasteiger partial charge in [-0.3, -0.25) is 14.9 Å². The molecule has 0 saturated heterocycles. The molecule has 1 aromatic carbocycles. The molecule has 0 spiro atoms. The molecule has 0 fully saturated rings. The van der Waals surface area contributed by atoms with E-state index in [4.69, 9.17) is 21.1 Å². The summed E-state index contributed by atoms with van der Waals surface area (Å²) in [7, 11) is 2.58. The van der Waals surface area contributed by atoms with Crippen molar-refractivity contribution in [3.05, 3.63) is 28.8 Å². The molecule has 0 aromatic heterocycles. The first-order chi connectivity index (χ1) is 10.4. The quantitative estimate of drug-likeness (QED) is 0.827. The van der Waals surface area contributed by atoms with Gasteiger partial charge < -0.3 is 14.2 Å². The van der Waals surface area contributed by atoms with E-state index >= 15 is 0 Å². The van der Waals surface area contributed by atoms with E-state index in [1.54, 1.807) is 18.2 Å². The summed E-state index contributed by atoms with van der Waals surface area (Å²) in [6.07, 6.45) is -2.19. The van der Waals surface area contributed by atoms with Crippen molar-refractivity contribution in [2.45, 2.75) is 19.4 Å². The predicted molar refractivity (Wildman–Crippen MR) is 77.8 cm³/mol. The van der Waals surface area contributed by atoms with Crippen LogP contribution in [0.15, 0.2) is 18.2 Å². The molecule has 120 valence electrons. The third-order valence-corrected chi connectivity index (χ3v) is 2.90. The van der Waals surface area contributed by atoms with Crippen molar-refractivity contribution in [2.24, 2.45) is 0 Å². The number of rotatable bonds is 5. The molecule has 0 bridgehead atoms. The SMILES string of the molecule is COC(=O)NC(=O)[C@H](C)OC(=O)Cc1cc(Cl)ccc1OC. The Morgan fingerprint density at radius 2 is 1.95 bits per heavy atom. The van der Waals surface area contributed by atoms with Gasteiger partial charge in [0.2, 0.25) is 0 Å². The van der Waals surface area contributed by atoms with Crippen LogP contribution >= 0.6 is 11.6 Å². The Kier molecular flexibility index (Phi) is 6.65. The smallest absolute Gasteiger partial charge is 0.413 e. The predicted octanol–water partition coefficient (Wildman–Crippen LogP) is 1.71. The minimum absolute atomic E-state index is 0.125. The van der Waals surface area contributed by atoms with Gasteiger partial charge >= 0.3 is 12.1 Å². The average Bonchev–Trinajstić information content (AvgIpc) is 2.47. The molecular formula is C14H16ClNO6. The first kappa shape index (κ1) is 17.8. The summed E-state index contributed by atoms with van der Waals surface area (Å²) in [6, 6.07) is 4.82. The Hall–Kier alpha value is -2.28. The van der Waals surface area contributed by atoms with E-state index in [0.29, 0.717) is 16.3 Å². The zero-order valence-electron chi connectivity index (χ0n) is 12.3. The highest BCUT2D eigenvalue weighted by Gasteiger charge is 2.21. The van der Waals surface area contributed by atoms with E-state index in [1.165, 1.54) is 14.0 Å². The summed E-state index contributed by atoms with van der Waals surface area (Å²) in [5.41, 5.74) is 0.528. The van der Waals surface area contributed by atoms with Crippen molar-refractivity contribution >= 4 is 29.6 Å². The van der Waals surface area contributed by atoms with Crippen LogP contribution in [0.25, 0.3) is 0 Å². The van der Waals surface area contributed by atoms with Crippen molar-refractivity contribution in [3.63, 3.8) is 0 Å². The van der Waals surface area contributed by atoms with Gasteiger partial charge in [-0.15, -0.1) is 0 Å². The number of imide groups is 1. The molecule has 0 radical (unpaired) electrons. The largest absolute Gasteiger partial charge is 0.496 e. The molecule has 7 nitrogen and oxygen atoms in total. The number of halogens is 1. The van der Waals surface area contributed by atoms with Crippen LogP contribution in [0.5, 0.6) is 5.75 Å². The highest BCUT2D eigenvalue weighted by molar-refractivity contribution is 6.30. The second-order valence-corrected chi connectivity index (χ2v) is 4.68. The van der Waals surface area contributed by atoms with E-state index in [0.717, 1.165) is 7.11 Å². The molecule has 22 heavy (non-hydrogen) atoms. The van der Waals surface area contributed by atoms with E-state index in [-0.39, 0.29) is 6.42 Å². The summed E-state index contributed by atoms with van der Waals surface area (Å²) >= 11 is 5.86. The third kappa shape index (κ3) is 5.25. The maximum absolute atomic E-state index is 11.8. The van der Waals surface area contributed by atoms with Crippen LogP contribution in [0.3, 0.4) is 0 Å². The van der Waals surface area contributed by atoms with Crippen LogP contribution in [0.4, 0.5) is 4.79 Å². The lowest BCUT2D eigenvalue weighted by Gasteiger charge is -2.13. The lowest BCUT2D eigenvalue weighted by Crippen LogP contribution is -2.39. The summed E-state index contributed by atoms with van der Waals surface area (Å²) in [5.74, 6) is -0.959. The van der Waals surface area contributed by atoms with Gasteiger partial charge in [-0.05, 0) is 25.1 Å². The number of nitrogens with one attached hydrogen (secondary N) is 1. The monoisotopic (exact) mass is 329 g/mol. The normalized spacial score (nSPS) is 11.3. The molecule has 1 N–H and O–H groups in total. The van der Waals surface area contributed by atoms with E-state index in [1.807, 2.05) is 5.32 Å². The average molecular weight is 330 g/mol. The fraction of sp³-hybridized carbons (Fsp3) is 0.357. The number of carbonyl (C=O) groups is 3. The number of ether oxygens (including phenoxy) is 3. The van der Waals surface area contributed by atoms with E-state index in [2.05, 4.69) is 4.74 Å². The van der Waals surface area contributed by atoms with Crippen molar-refractivity contribution in [2.75, 3.05) is 14.2 Å². The van der Waals surface area contributed by atoms with Crippen LogP contribution in [-0.4, -0.2) is 38.3 Å². The van der Waals surface area contributed by atoms with E-state index in [9.17, 15) is 14.4 Å². The molecule has 0 aliphatic heterocycles. The molecule has 1 atom stereocenters. The first-order valence-electron chi connectivity index (χ1n) is 6.28. The van der Waals surface area contributed by atoms with Crippen molar-refractivity contribution in [1.82, 2.24) is 5.32 Å². The molecule has 0 aliphatic carbocycles. The molecule has 1 rings (SSSR count). The summed E-state index contributed by atoms with van der Waals surface area (Å²) < 4.78 is 14.3. The lowest BCUT2D eigenvalue weighted by molar-refractivity contribution is -0.153. The number of methoxy groups -OCH3 is 2. The van der Waals surface area contributed by atoms with Gasteiger partial charge in [0.25, 0.3) is 5.91 Å². The first-order valence-corrected chi connectivity index (χ1v) is 6.66. The molecule has 0 aliphatic rings. The van der Waals surface area contributed by atoms with Gasteiger partial charge in [-0.2, -0.15) is 0 Å². The van der Waals surface area contributed by atoms with Crippen molar-refractivity contribution in [3.8, 4) is 5.75 Å². The fourth-order valence-electron chi connectivity index (χ4n) is 1.59. The van der Waals surface area contributed by atoms with Gasteiger partial charge in [0.05, 0.1) is 20.6 Å². The molecular weight excluding hydrogens is 314 g/mol. The molecule has 0 heterocycles. The van der Waals surface area contributed by atoms with Crippen LogP contribution in [0.2, 0.25) is 5.02 Å². The summed E-state index contributed by atoms with van der Waals surface area (Å²) in [5, 5.41) is 2.35. The van der Waals surface area contributed by atoms with Gasteiger partial charge in [-0.25, -0.2) is 4.79 Å². The minimum Gasteiger partial charge on any atom is -0.496 e. The number of benzene rings is 1. The Morgan fingerprint density at radius 1 is 1.27 bits per heavy atom. The third-order valence-electron chi connectivity index (χ3n) is 2.67. The van der Waals surface area contributed by atoms with Crippen LogP contribution in [0.1, 0.15) is 12.5 Å². The van der Waals surface area contributed by atoms with Gasteiger partial charge in [0.1, 0.15) is 5.75 Å². The molecule has 8 heteroatoms. The highest BCUT2D eigenvalue weighted by Crippen LogP contribution is 2.23. The molecule has 2 amide bonds. The minimum atomic E-state index is -1.14. The van der Waals surface area contributed by atoms with Crippen LogP contribution in [-0.2, 0) is 25.5 Å². The lowest BCUT2D eigenvalue weighted by atomic mass is 10.1. The maximum Gasteiger partial charge on any atom is 0.413 e.